The summed E-state index contributed by atoms with van der Waals surface area (Å²) < 4.78 is 0.987. The fraction of sp³-hybridized carbons (Fsp3) is 0.0714. The first-order valence-corrected chi connectivity index (χ1v) is 6.53. The topological polar surface area (TPSA) is 67.2 Å². The van der Waals surface area contributed by atoms with Crippen molar-refractivity contribution in [2.24, 2.45) is 5.84 Å². The minimum Gasteiger partial charge on any atom is -0.324 e. The zero-order valence-electron chi connectivity index (χ0n) is 10.4. The lowest BCUT2D eigenvalue weighted by molar-refractivity contribution is 0.102. The van der Waals surface area contributed by atoms with Crippen molar-refractivity contribution >= 4 is 33.2 Å². The molecule has 0 aliphatic carbocycles. The van der Waals surface area contributed by atoms with E-state index in [1.54, 1.807) is 24.3 Å². The van der Waals surface area contributed by atoms with Gasteiger partial charge in [-0.15, -0.1) is 0 Å². The van der Waals surface area contributed by atoms with Gasteiger partial charge in [0.25, 0.3) is 5.91 Å². The van der Waals surface area contributed by atoms with Crippen LogP contribution in [0, 0.1) is 6.92 Å². The predicted molar refractivity (Wildman–Crippen MR) is 81.1 cm³/mol. The van der Waals surface area contributed by atoms with E-state index in [0.29, 0.717) is 5.56 Å². The highest BCUT2D eigenvalue weighted by Gasteiger charge is 2.07. The second-order valence-corrected chi connectivity index (χ2v) is 5.05. The second kappa shape index (κ2) is 5.86. The largest absolute Gasteiger partial charge is 0.324 e. The van der Waals surface area contributed by atoms with E-state index >= 15 is 0 Å². The molecule has 5 heteroatoms. The van der Waals surface area contributed by atoms with Gasteiger partial charge in [-0.2, -0.15) is 0 Å². The van der Waals surface area contributed by atoms with Crippen LogP contribution in [0.15, 0.2) is 46.9 Å². The van der Waals surface area contributed by atoms with Gasteiger partial charge in [0.2, 0.25) is 0 Å². The van der Waals surface area contributed by atoms with Gasteiger partial charge in [-0.25, -0.2) is 0 Å². The normalized spacial score (nSPS) is 10.1. The van der Waals surface area contributed by atoms with E-state index in [1.165, 1.54) is 0 Å². The van der Waals surface area contributed by atoms with Crippen LogP contribution < -0.4 is 16.6 Å². The monoisotopic (exact) mass is 319 g/mol. The first-order valence-electron chi connectivity index (χ1n) is 5.74. The van der Waals surface area contributed by atoms with Crippen LogP contribution in [0.25, 0.3) is 0 Å². The average Bonchev–Trinajstić information content (AvgIpc) is 2.42. The van der Waals surface area contributed by atoms with Crippen molar-refractivity contribution in [2.45, 2.75) is 6.92 Å². The van der Waals surface area contributed by atoms with Crippen LogP contribution in [0.4, 0.5) is 11.4 Å². The van der Waals surface area contributed by atoms with E-state index in [4.69, 9.17) is 5.84 Å². The molecule has 2 aromatic carbocycles. The Labute approximate surface area is 120 Å². The summed E-state index contributed by atoms with van der Waals surface area (Å²) in [6, 6.07) is 12.7. The third-order valence-corrected chi connectivity index (χ3v) is 3.24. The number of hydrazine groups is 1. The number of anilines is 2. The minimum atomic E-state index is -0.144. The minimum absolute atomic E-state index is 0.144. The zero-order valence-corrected chi connectivity index (χ0v) is 12.0. The molecule has 0 unspecified atom stereocenters. The molecule has 0 radical (unpaired) electrons. The van der Waals surface area contributed by atoms with Crippen LogP contribution in [0.1, 0.15) is 15.9 Å². The Hall–Kier alpha value is -1.85. The third-order valence-electron chi connectivity index (χ3n) is 2.75. The van der Waals surface area contributed by atoms with E-state index < -0.39 is 0 Å². The number of nitrogens with two attached hydrogens (primary N) is 1. The first-order chi connectivity index (χ1) is 9.10. The Morgan fingerprint density at radius 2 is 1.84 bits per heavy atom. The van der Waals surface area contributed by atoms with Crippen LogP contribution in [0.2, 0.25) is 0 Å². The fourth-order valence-electron chi connectivity index (χ4n) is 1.68. The van der Waals surface area contributed by atoms with Gasteiger partial charge in [0, 0.05) is 21.4 Å². The maximum Gasteiger partial charge on any atom is 0.255 e. The van der Waals surface area contributed by atoms with Crippen LogP contribution in [-0.4, -0.2) is 5.91 Å². The van der Waals surface area contributed by atoms with Crippen molar-refractivity contribution in [2.75, 3.05) is 10.7 Å². The number of hydrogen-bond acceptors (Lipinski definition) is 3. The SMILES string of the molecule is Cc1cc(Br)ccc1NC(=O)c1ccc(NN)cc1. The zero-order chi connectivity index (χ0) is 13.8. The highest BCUT2D eigenvalue weighted by Crippen LogP contribution is 2.20. The molecule has 0 bridgehead atoms. The molecule has 1 amide bonds. The number of aryl methyl sites for hydroxylation is 1. The molecule has 2 rings (SSSR count). The van der Waals surface area contributed by atoms with Crippen LogP contribution in [-0.2, 0) is 0 Å². The van der Waals surface area contributed by atoms with Gasteiger partial charge in [0.05, 0.1) is 0 Å². The highest BCUT2D eigenvalue weighted by molar-refractivity contribution is 9.10. The van der Waals surface area contributed by atoms with E-state index in [0.717, 1.165) is 21.4 Å². The molecular weight excluding hydrogens is 306 g/mol. The lowest BCUT2D eigenvalue weighted by atomic mass is 10.1. The Kier molecular flexibility index (Phi) is 4.19. The molecule has 19 heavy (non-hydrogen) atoms. The smallest absolute Gasteiger partial charge is 0.255 e. The van der Waals surface area contributed by atoms with Crippen molar-refractivity contribution < 1.29 is 4.79 Å². The van der Waals surface area contributed by atoms with E-state index in [9.17, 15) is 4.79 Å². The summed E-state index contributed by atoms with van der Waals surface area (Å²) in [4.78, 5) is 12.1. The summed E-state index contributed by atoms with van der Waals surface area (Å²) in [5, 5.41) is 2.88. The number of nitrogens with one attached hydrogen (secondary N) is 2. The molecule has 0 heterocycles. The molecule has 98 valence electrons. The number of carbonyl (C=O) groups is 1. The van der Waals surface area contributed by atoms with Crippen molar-refractivity contribution in [3.8, 4) is 0 Å². The van der Waals surface area contributed by atoms with Gasteiger partial charge in [0.15, 0.2) is 0 Å². The van der Waals surface area contributed by atoms with Crippen LogP contribution in [0.5, 0.6) is 0 Å². The van der Waals surface area contributed by atoms with Crippen molar-refractivity contribution in [1.82, 2.24) is 0 Å². The van der Waals surface area contributed by atoms with Gasteiger partial charge in [0.1, 0.15) is 0 Å². The van der Waals surface area contributed by atoms with Gasteiger partial charge in [-0.05, 0) is 55.0 Å². The second-order valence-electron chi connectivity index (χ2n) is 4.14. The Morgan fingerprint density at radius 1 is 1.16 bits per heavy atom. The average molecular weight is 320 g/mol. The number of hydrogen-bond donors (Lipinski definition) is 3. The van der Waals surface area contributed by atoms with Gasteiger partial charge < -0.3 is 10.7 Å². The maximum atomic E-state index is 12.1. The molecule has 0 aliphatic rings. The Bertz CT molecular complexity index is 596. The van der Waals surface area contributed by atoms with E-state index in [-0.39, 0.29) is 5.91 Å². The van der Waals surface area contributed by atoms with Crippen LogP contribution >= 0.6 is 15.9 Å². The lowest BCUT2D eigenvalue weighted by Crippen LogP contribution is -2.13. The molecule has 0 fully saturated rings. The first kappa shape index (κ1) is 13.6. The van der Waals surface area contributed by atoms with Crippen molar-refractivity contribution in [3.05, 3.63) is 58.1 Å². The molecule has 0 saturated carbocycles. The molecule has 0 aromatic heterocycles. The predicted octanol–water partition coefficient (Wildman–Crippen LogP) is 3.30. The fourth-order valence-corrected chi connectivity index (χ4v) is 2.16. The Morgan fingerprint density at radius 3 is 2.42 bits per heavy atom. The molecule has 0 aliphatic heterocycles. The van der Waals surface area contributed by atoms with Gasteiger partial charge >= 0.3 is 0 Å². The molecular formula is C14H14BrN3O. The summed E-state index contributed by atoms with van der Waals surface area (Å²) in [5.74, 6) is 5.13. The molecule has 0 atom stereocenters. The molecule has 0 spiro atoms. The summed E-state index contributed by atoms with van der Waals surface area (Å²) in [7, 11) is 0. The summed E-state index contributed by atoms with van der Waals surface area (Å²) in [6.45, 7) is 1.95. The summed E-state index contributed by atoms with van der Waals surface area (Å²) in [5.41, 5.74) is 5.67. The van der Waals surface area contributed by atoms with Crippen molar-refractivity contribution in [1.29, 1.82) is 0 Å². The van der Waals surface area contributed by atoms with Gasteiger partial charge in [-0.3, -0.25) is 10.6 Å². The molecule has 0 saturated heterocycles. The number of halogens is 1. The molecule has 4 nitrogen and oxygen atoms in total. The number of carbonyl (C=O) groups excluding carboxylic acids is 1. The van der Waals surface area contributed by atoms with Gasteiger partial charge in [-0.1, -0.05) is 15.9 Å². The highest BCUT2D eigenvalue weighted by atomic mass is 79.9. The number of rotatable bonds is 3. The third kappa shape index (κ3) is 3.33. The van der Waals surface area contributed by atoms with E-state index in [1.807, 2.05) is 25.1 Å². The molecule has 4 N–H and O–H groups in total. The maximum absolute atomic E-state index is 12.1. The Balaban J connectivity index is 2.15. The van der Waals surface area contributed by atoms with Crippen molar-refractivity contribution in [3.63, 3.8) is 0 Å². The lowest BCUT2D eigenvalue weighted by Gasteiger charge is -2.09. The summed E-state index contributed by atoms with van der Waals surface area (Å²) in [6.07, 6.45) is 0. The van der Waals surface area contributed by atoms with E-state index in [2.05, 4.69) is 26.7 Å². The quantitative estimate of drug-likeness (QED) is 0.600. The summed E-state index contributed by atoms with van der Waals surface area (Å²) >= 11 is 3.39. The number of nitrogen functional groups attached to an aromatic ring is 1. The standard InChI is InChI=1S/C14H14BrN3O/c1-9-8-11(15)4-7-13(9)17-14(19)10-2-5-12(18-16)6-3-10/h2-8,18H,16H2,1H3,(H,17,19). The number of amides is 1. The number of benzene rings is 2. The van der Waals surface area contributed by atoms with Crippen LogP contribution in [0.3, 0.4) is 0 Å². The molecule has 2 aromatic rings.